The number of nitrogens with zero attached hydrogens (tertiary/aromatic N) is 18. The van der Waals surface area contributed by atoms with Gasteiger partial charge in [-0.2, -0.15) is 0 Å². The molecule has 0 radical (unpaired) electrons. The Kier molecular flexibility index (Phi) is 12.4. The van der Waals surface area contributed by atoms with Gasteiger partial charge in [-0.1, -0.05) is 182 Å². The molecule has 18 heteroatoms. The molecule has 28 aromatic rings. The van der Waals surface area contributed by atoms with E-state index in [0.29, 0.717) is 0 Å². The van der Waals surface area contributed by atoms with Crippen molar-refractivity contribution in [2.75, 3.05) is 0 Å². The molecule has 0 aliphatic rings. The molecule has 0 saturated heterocycles. The van der Waals surface area contributed by atoms with Gasteiger partial charge in [-0.3, -0.25) is 53.8 Å². The second-order valence-corrected chi connectivity index (χ2v) is 31.2. The van der Waals surface area contributed by atoms with Crippen LogP contribution < -0.4 is 0 Å². The van der Waals surface area contributed by atoms with E-state index in [1.807, 2.05) is 0 Å². The number of fused-ring (bicyclic) bond motifs is 30. The molecule has 0 spiro atoms. The van der Waals surface area contributed by atoms with Crippen LogP contribution in [0.15, 0.2) is 364 Å². The fourth-order valence-electron chi connectivity index (χ4n) is 20.0. The van der Waals surface area contributed by atoms with E-state index in [2.05, 4.69) is 418 Å². The van der Waals surface area contributed by atoms with Crippen LogP contribution in [0.25, 0.3) is 235 Å². The minimum atomic E-state index is 0.802. The van der Waals surface area contributed by atoms with Crippen LogP contribution in [-0.4, -0.2) is 83.7 Å². The van der Waals surface area contributed by atoms with Crippen LogP contribution >= 0.6 is 0 Å². The lowest BCUT2D eigenvalue weighted by Gasteiger charge is -2.17. The summed E-state index contributed by atoms with van der Waals surface area (Å²) >= 11 is 0. The summed E-state index contributed by atoms with van der Waals surface area (Å²) in [5.41, 5.74) is 36.4. The maximum atomic E-state index is 5.59. The predicted molar refractivity (Wildman–Crippen MR) is 481 cm³/mol. The Labute approximate surface area is 678 Å². The first-order valence-corrected chi connectivity index (χ1v) is 40.4. The highest BCUT2D eigenvalue weighted by Gasteiger charge is 2.30. The number of aromatic nitrogens is 18. The molecule has 0 saturated carbocycles. The first-order valence-electron chi connectivity index (χ1n) is 40.4. The van der Waals surface area contributed by atoms with Gasteiger partial charge >= 0.3 is 0 Å². The summed E-state index contributed by atoms with van der Waals surface area (Å²) in [4.78, 5) is 32.7. The molecule has 0 fully saturated rings. The molecular weight excluding hydrogens is 1480 g/mol. The molecule has 18 nitrogen and oxygen atoms in total. The van der Waals surface area contributed by atoms with Crippen molar-refractivity contribution in [3.8, 4) is 67.5 Å². The second kappa shape index (κ2) is 23.4. The van der Waals surface area contributed by atoms with Gasteiger partial charge in [0.05, 0.1) is 167 Å². The third-order valence-corrected chi connectivity index (χ3v) is 25.0. The molecule has 12 aromatic heterocycles. The molecular formula is C102H60N18. The Bertz CT molecular complexity index is 9370. The molecule has 558 valence electrons. The van der Waals surface area contributed by atoms with Gasteiger partial charge in [-0.05, 0) is 193 Å². The van der Waals surface area contributed by atoms with Crippen LogP contribution in [0.3, 0.4) is 0 Å². The third kappa shape index (κ3) is 8.42. The van der Waals surface area contributed by atoms with Crippen molar-refractivity contribution in [3.63, 3.8) is 0 Å². The lowest BCUT2D eigenvalue weighted by atomic mass is 10.0. The Morgan fingerprint density at radius 3 is 0.750 bits per heavy atom. The largest absolute Gasteiger partial charge is 0.278 e. The van der Waals surface area contributed by atoms with Crippen LogP contribution in [0, 0.1) is 0 Å². The minimum absolute atomic E-state index is 0.802. The number of imidazole rings is 12. The van der Waals surface area contributed by atoms with E-state index in [1.54, 1.807) is 0 Å². The first kappa shape index (κ1) is 63.5. The standard InChI is InChI=1S/C102H60N18/c1-10-34-75(111-84-43-19-22-46-87(84)115-79-38-14-6-30-70(79)105-99(111)115)65(25-1)66-26-3-12-36-77(66)113-86-45-21-24-48-89(86)120-93-59-63(51-53-74(93)108-102(113)120)109-90-54-49-62(58-95(90)118-82-41-17-8-32-72(82)103-97(109)118)61-50-55-91-94(57-61)110(98-104-69-29-5-16-40-81(69)117(91)98)64-52-56-92-96(60-64)119-83-42-18-9-33-73(83)107-101(119)114(92)78-37-13-4-28-68(78)67-27-2-11-35-76(67)112-85-44-20-23-47-88(85)116-80-39-15-7-31-71(80)106-100(112)116/h1-60H. The highest BCUT2D eigenvalue weighted by Crippen LogP contribution is 2.45. The van der Waals surface area contributed by atoms with Gasteiger partial charge in [0.25, 0.3) is 0 Å². The zero-order chi connectivity index (χ0) is 77.8. The summed E-state index contributed by atoms with van der Waals surface area (Å²) in [5, 5.41) is 0. The van der Waals surface area contributed by atoms with Gasteiger partial charge in [0.15, 0.2) is 0 Å². The zero-order valence-corrected chi connectivity index (χ0v) is 63.7. The minimum Gasteiger partial charge on any atom is -0.278 e. The van der Waals surface area contributed by atoms with E-state index in [4.69, 9.17) is 29.9 Å². The van der Waals surface area contributed by atoms with Gasteiger partial charge < -0.3 is 0 Å². The number of hydrogen-bond acceptors (Lipinski definition) is 6. The molecule has 28 rings (SSSR count). The molecule has 16 aromatic carbocycles. The average Bonchev–Trinajstić information content (AvgIpc) is 1.55. The molecule has 0 unspecified atom stereocenters. The quantitative estimate of drug-likeness (QED) is 0.141. The Morgan fingerprint density at radius 1 is 0.142 bits per heavy atom. The van der Waals surface area contributed by atoms with Gasteiger partial charge in [0, 0.05) is 22.3 Å². The van der Waals surface area contributed by atoms with Crippen LogP contribution in [0.4, 0.5) is 0 Å². The van der Waals surface area contributed by atoms with Crippen molar-refractivity contribution in [2.24, 2.45) is 0 Å². The van der Waals surface area contributed by atoms with Gasteiger partial charge in [0.1, 0.15) is 0 Å². The molecule has 120 heavy (non-hydrogen) atoms. The number of para-hydroxylation sites is 20. The van der Waals surface area contributed by atoms with E-state index in [0.717, 1.165) is 235 Å². The molecule has 0 aliphatic carbocycles. The third-order valence-electron chi connectivity index (χ3n) is 25.0. The zero-order valence-electron chi connectivity index (χ0n) is 63.7. The van der Waals surface area contributed by atoms with Crippen molar-refractivity contribution < 1.29 is 0 Å². The summed E-state index contributed by atoms with van der Waals surface area (Å²) in [6.07, 6.45) is 0. The summed E-state index contributed by atoms with van der Waals surface area (Å²) < 4.78 is 27.8. The van der Waals surface area contributed by atoms with E-state index in [1.165, 1.54) is 0 Å². The first-order chi connectivity index (χ1) is 59.6. The van der Waals surface area contributed by atoms with Crippen LogP contribution in [-0.2, 0) is 0 Å². The molecule has 0 N–H and O–H groups in total. The van der Waals surface area contributed by atoms with Crippen molar-refractivity contribution in [3.05, 3.63) is 364 Å². The smallest absolute Gasteiger partial charge is 0.220 e. The van der Waals surface area contributed by atoms with Crippen LogP contribution in [0.1, 0.15) is 0 Å². The highest BCUT2D eigenvalue weighted by molar-refractivity contribution is 6.04. The van der Waals surface area contributed by atoms with Crippen molar-refractivity contribution in [1.29, 1.82) is 0 Å². The summed E-state index contributed by atoms with van der Waals surface area (Å²) in [7, 11) is 0. The monoisotopic (exact) mass is 1540 g/mol. The predicted octanol–water partition coefficient (Wildman–Crippen LogP) is 23.2. The maximum Gasteiger partial charge on any atom is 0.220 e. The number of rotatable bonds is 9. The highest BCUT2D eigenvalue weighted by atomic mass is 15.3. The van der Waals surface area contributed by atoms with Crippen molar-refractivity contribution >= 4 is 167 Å². The van der Waals surface area contributed by atoms with E-state index in [-0.39, 0.29) is 0 Å². The SMILES string of the molecule is c1ccc(-n2c3ccccc3n3c4ccccc4nc23)c(-c2ccccc2-n2c3ccccc3n3c4cc(-n5c6ccc(-c7ccc8c(c7)n(-c7ccc9c(c7)n7c%10ccccc%10nc7n9-c7ccccc7-c7ccccc7-n7c9ccccc9n9c%10ccccc%10nc79)c7nc9ccccc9n87)cc6n6c7ccccc7nc56)ccc4nc23)c1. The molecule has 0 aliphatic heterocycles. The topological polar surface area (TPSA) is 133 Å². The summed E-state index contributed by atoms with van der Waals surface area (Å²) in [5.74, 6) is 4.93. The number of hydrogen-bond donors (Lipinski definition) is 0. The number of benzene rings is 16. The van der Waals surface area contributed by atoms with Crippen molar-refractivity contribution in [1.82, 2.24) is 83.7 Å². The van der Waals surface area contributed by atoms with Gasteiger partial charge in [-0.25, -0.2) is 29.9 Å². The van der Waals surface area contributed by atoms with Crippen LogP contribution in [0.2, 0.25) is 0 Å². The van der Waals surface area contributed by atoms with Crippen molar-refractivity contribution in [2.45, 2.75) is 0 Å². The fourth-order valence-corrected chi connectivity index (χ4v) is 20.0. The molecule has 12 heterocycles. The Morgan fingerprint density at radius 2 is 0.367 bits per heavy atom. The summed E-state index contributed by atoms with van der Waals surface area (Å²) in [6.45, 7) is 0. The van der Waals surface area contributed by atoms with Gasteiger partial charge in [-0.15, -0.1) is 0 Å². The lowest BCUT2D eigenvalue weighted by molar-refractivity contribution is 1.10. The Balaban J connectivity index is 0.598. The van der Waals surface area contributed by atoms with Crippen LogP contribution in [0.5, 0.6) is 0 Å². The van der Waals surface area contributed by atoms with E-state index in [9.17, 15) is 0 Å². The maximum absolute atomic E-state index is 5.59. The summed E-state index contributed by atoms with van der Waals surface area (Å²) in [6, 6.07) is 130. The lowest BCUT2D eigenvalue weighted by Crippen LogP contribution is -2.02. The normalized spacial score (nSPS) is 12.5. The average molecular weight is 1540 g/mol. The van der Waals surface area contributed by atoms with E-state index < -0.39 is 0 Å². The molecule has 0 atom stereocenters. The fraction of sp³-hybridized carbons (Fsp3) is 0. The van der Waals surface area contributed by atoms with E-state index >= 15 is 0 Å². The molecule has 0 bridgehead atoms. The van der Waals surface area contributed by atoms with Gasteiger partial charge in [0.2, 0.25) is 34.7 Å². The second-order valence-electron chi connectivity index (χ2n) is 31.2. The Hall–Kier alpha value is -16.9. The molecule has 0 amide bonds.